The molecular formula is C9H18N2. The third-order valence-electron chi connectivity index (χ3n) is 3.27. The van der Waals surface area contributed by atoms with Crippen LogP contribution in [0.25, 0.3) is 0 Å². The monoisotopic (exact) mass is 154 g/mol. The SMILES string of the molecule is CNCCC1CC12CN(C)C2. The molecule has 1 atom stereocenters. The van der Waals surface area contributed by atoms with Crippen LogP contribution in [0.3, 0.4) is 0 Å². The lowest BCUT2D eigenvalue weighted by atomic mass is 9.93. The van der Waals surface area contributed by atoms with Crippen LogP contribution in [0, 0.1) is 11.3 Å². The molecule has 1 saturated heterocycles. The number of hydrogen-bond acceptors (Lipinski definition) is 2. The van der Waals surface area contributed by atoms with Crippen molar-refractivity contribution in [2.45, 2.75) is 12.8 Å². The lowest BCUT2D eigenvalue weighted by Crippen LogP contribution is -2.46. The fourth-order valence-corrected chi connectivity index (χ4v) is 2.57. The summed E-state index contributed by atoms with van der Waals surface area (Å²) in [6.07, 6.45) is 2.89. The van der Waals surface area contributed by atoms with E-state index < -0.39 is 0 Å². The van der Waals surface area contributed by atoms with E-state index in [2.05, 4.69) is 17.3 Å². The maximum atomic E-state index is 3.22. The molecule has 1 aliphatic heterocycles. The first-order valence-corrected chi connectivity index (χ1v) is 4.60. The summed E-state index contributed by atoms with van der Waals surface area (Å²) in [6, 6.07) is 0. The Hall–Kier alpha value is -0.0800. The molecule has 1 N–H and O–H groups in total. The second kappa shape index (κ2) is 2.46. The highest BCUT2D eigenvalue weighted by molar-refractivity contribution is 5.10. The van der Waals surface area contributed by atoms with Gasteiger partial charge in [-0.2, -0.15) is 0 Å². The molecule has 2 nitrogen and oxygen atoms in total. The molecule has 2 rings (SSSR count). The molecule has 0 radical (unpaired) electrons. The van der Waals surface area contributed by atoms with Crippen LogP contribution in [0.1, 0.15) is 12.8 Å². The normalized spacial score (nSPS) is 33.8. The molecule has 0 aromatic carbocycles. The van der Waals surface area contributed by atoms with E-state index in [9.17, 15) is 0 Å². The van der Waals surface area contributed by atoms with Gasteiger partial charge in [-0.05, 0) is 44.8 Å². The Balaban J connectivity index is 1.70. The highest BCUT2D eigenvalue weighted by Crippen LogP contribution is 2.59. The molecule has 0 aromatic rings. The van der Waals surface area contributed by atoms with Gasteiger partial charge in [0.1, 0.15) is 0 Å². The van der Waals surface area contributed by atoms with Crippen LogP contribution in [0.2, 0.25) is 0 Å². The molecule has 0 aromatic heterocycles. The van der Waals surface area contributed by atoms with Gasteiger partial charge < -0.3 is 10.2 Å². The molecule has 2 aliphatic rings. The van der Waals surface area contributed by atoms with E-state index in [4.69, 9.17) is 0 Å². The van der Waals surface area contributed by atoms with E-state index in [-0.39, 0.29) is 0 Å². The van der Waals surface area contributed by atoms with Gasteiger partial charge in [0.15, 0.2) is 0 Å². The molecule has 1 spiro atoms. The zero-order valence-corrected chi connectivity index (χ0v) is 7.56. The van der Waals surface area contributed by atoms with Gasteiger partial charge in [0.2, 0.25) is 0 Å². The molecule has 0 amide bonds. The molecule has 1 heterocycles. The Bertz CT molecular complexity index is 150. The first-order chi connectivity index (χ1) is 5.27. The molecule has 1 aliphatic carbocycles. The summed E-state index contributed by atoms with van der Waals surface area (Å²) < 4.78 is 0. The predicted octanol–water partition coefficient (Wildman–Crippen LogP) is 0.548. The number of likely N-dealkylation sites (tertiary alicyclic amines) is 1. The first kappa shape index (κ1) is 7.56. The second-order valence-electron chi connectivity index (χ2n) is 4.33. The minimum Gasteiger partial charge on any atom is -0.320 e. The third-order valence-corrected chi connectivity index (χ3v) is 3.27. The van der Waals surface area contributed by atoms with Crippen molar-refractivity contribution in [1.29, 1.82) is 0 Å². The van der Waals surface area contributed by atoms with Gasteiger partial charge in [-0.1, -0.05) is 0 Å². The molecular weight excluding hydrogens is 136 g/mol. The average Bonchev–Trinajstić information content (AvgIpc) is 2.58. The van der Waals surface area contributed by atoms with E-state index in [1.165, 1.54) is 32.5 Å². The van der Waals surface area contributed by atoms with Gasteiger partial charge >= 0.3 is 0 Å². The van der Waals surface area contributed by atoms with Gasteiger partial charge in [-0.25, -0.2) is 0 Å². The van der Waals surface area contributed by atoms with E-state index in [0.717, 1.165) is 11.3 Å². The van der Waals surface area contributed by atoms with Crippen molar-refractivity contribution in [2.75, 3.05) is 33.7 Å². The standard InChI is InChI=1S/C9H18N2/c1-10-4-3-8-5-9(8)6-11(2)7-9/h8,10H,3-7H2,1-2H3. The minimum absolute atomic E-state index is 0.797. The van der Waals surface area contributed by atoms with Crippen LogP contribution >= 0.6 is 0 Å². The summed E-state index contributed by atoms with van der Waals surface area (Å²) >= 11 is 0. The zero-order chi connectivity index (χ0) is 7.90. The van der Waals surface area contributed by atoms with E-state index in [1.807, 2.05) is 7.05 Å². The molecule has 0 bridgehead atoms. The van der Waals surface area contributed by atoms with Crippen molar-refractivity contribution >= 4 is 0 Å². The second-order valence-corrected chi connectivity index (χ2v) is 4.33. The van der Waals surface area contributed by atoms with Gasteiger partial charge in [-0.3, -0.25) is 0 Å². The number of rotatable bonds is 3. The van der Waals surface area contributed by atoms with Gasteiger partial charge in [0.25, 0.3) is 0 Å². The maximum absolute atomic E-state index is 3.22. The third kappa shape index (κ3) is 1.18. The van der Waals surface area contributed by atoms with Crippen LogP contribution in [0.4, 0.5) is 0 Å². The maximum Gasteiger partial charge on any atom is 0.00502 e. The number of hydrogen-bond donors (Lipinski definition) is 1. The molecule has 1 unspecified atom stereocenters. The van der Waals surface area contributed by atoms with Crippen LogP contribution in [-0.4, -0.2) is 38.6 Å². The summed E-state index contributed by atoms with van der Waals surface area (Å²) in [4.78, 5) is 2.43. The Morgan fingerprint density at radius 3 is 2.82 bits per heavy atom. The largest absolute Gasteiger partial charge is 0.320 e. The van der Waals surface area contributed by atoms with Crippen molar-refractivity contribution < 1.29 is 0 Å². The molecule has 2 heteroatoms. The van der Waals surface area contributed by atoms with Gasteiger partial charge in [0.05, 0.1) is 0 Å². The Kier molecular flexibility index (Phi) is 1.69. The topological polar surface area (TPSA) is 15.3 Å². The van der Waals surface area contributed by atoms with Crippen molar-refractivity contribution in [1.82, 2.24) is 10.2 Å². The Morgan fingerprint density at radius 1 is 1.55 bits per heavy atom. The zero-order valence-electron chi connectivity index (χ0n) is 7.56. The summed E-state index contributed by atoms with van der Waals surface area (Å²) in [5.41, 5.74) is 0.797. The highest BCUT2D eigenvalue weighted by atomic mass is 15.2. The molecule has 11 heavy (non-hydrogen) atoms. The smallest absolute Gasteiger partial charge is 0.00502 e. The van der Waals surface area contributed by atoms with Crippen molar-refractivity contribution in [3.63, 3.8) is 0 Å². The lowest BCUT2D eigenvalue weighted by Gasteiger charge is -2.38. The van der Waals surface area contributed by atoms with Crippen LogP contribution < -0.4 is 5.32 Å². The number of nitrogens with one attached hydrogen (secondary N) is 1. The van der Waals surface area contributed by atoms with Crippen molar-refractivity contribution in [2.24, 2.45) is 11.3 Å². The fourth-order valence-electron chi connectivity index (χ4n) is 2.57. The van der Waals surface area contributed by atoms with Crippen LogP contribution in [-0.2, 0) is 0 Å². The summed E-state index contributed by atoms with van der Waals surface area (Å²) in [6.45, 7) is 3.93. The van der Waals surface area contributed by atoms with Crippen molar-refractivity contribution in [3.05, 3.63) is 0 Å². The average molecular weight is 154 g/mol. The van der Waals surface area contributed by atoms with Gasteiger partial charge in [-0.15, -0.1) is 0 Å². The summed E-state index contributed by atoms with van der Waals surface area (Å²) in [5, 5.41) is 3.22. The van der Waals surface area contributed by atoms with Gasteiger partial charge in [0, 0.05) is 13.1 Å². The summed E-state index contributed by atoms with van der Waals surface area (Å²) in [7, 11) is 4.26. The van der Waals surface area contributed by atoms with E-state index >= 15 is 0 Å². The quantitative estimate of drug-likeness (QED) is 0.638. The van der Waals surface area contributed by atoms with E-state index in [1.54, 1.807) is 0 Å². The molecule has 64 valence electrons. The Morgan fingerprint density at radius 2 is 2.27 bits per heavy atom. The van der Waals surface area contributed by atoms with Crippen molar-refractivity contribution in [3.8, 4) is 0 Å². The predicted molar refractivity (Wildman–Crippen MR) is 46.6 cm³/mol. The first-order valence-electron chi connectivity index (χ1n) is 4.60. The summed E-state index contributed by atoms with van der Waals surface area (Å²) in [5.74, 6) is 1.05. The molecule has 2 fully saturated rings. The highest BCUT2D eigenvalue weighted by Gasteiger charge is 2.59. The van der Waals surface area contributed by atoms with Crippen LogP contribution in [0.5, 0.6) is 0 Å². The minimum atomic E-state index is 0.797. The fraction of sp³-hybridized carbons (Fsp3) is 1.00. The Labute approximate surface area is 69.0 Å². The number of nitrogens with zero attached hydrogens (tertiary/aromatic N) is 1. The van der Waals surface area contributed by atoms with E-state index in [0.29, 0.717) is 0 Å². The lowest BCUT2D eigenvalue weighted by molar-refractivity contribution is 0.0978. The molecule has 1 saturated carbocycles. The van der Waals surface area contributed by atoms with Crippen LogP contribution in [0.15, 0.2) is 0 Å².